The summed E-state index contributed by atoms with van der Waals surface area (Å²) in [7, 11) is 0. The standard InChI is InChI=1S/C30H25F2N3O2/c1-19-28(22-12-14-23(15-13-22)37-18-20-10-11-20)33-30-34(17-25-26(31)8-5-9-27(25)32)16-24(29(36)35(19)30)21-6-3-2-4-7-21/h2-9,12-16,20H,10-11,17-18H2,1H3. The fourth-order valence-corrected chi connectivity index (χ4v) is 4.58. The zero-order chi connectivity index (χ0) is 25.5. The number of rotatable bonds is 7. The number of aromatic nitrogens is 3. The Morgan fingerprint density at radius 3 is 2.30 bits per heavy atom. The summed E-state index contributed by atoms with van der Waals surface area (Å²) in [5.41, 5.74) is 2.89. The third-order valence-corrected chi connectivity index (χ3v) is 6.85. The van der Waals surface area contributed by atoms with Crippen molar-refractivity contribution in [3.8, 4) is 28.1 Å². The molecule has 7 heteroatoms. The van der Waals surface area contributed by atoms with Crippen LogP contribution in [0.1, 0.15) is 24.1 Å². The van der Waals surface area contributed by atoms with Crippen molar-refractivity contribution in [2.24, 2.45) is 5.92 Å². The average Bonchev–Trinajstić information content (AvgIpc) is 3.68. The molecule has 0 amide bonds. The Bertz CT molecular complexity index is 1630. The summed E-state index contributed by atoms with van der Waals surface area (Å²) in [6, 6.07) is 20.7. The first-order valence-electron chi connectivity index (χ1n) is 12.3. The van der Waals surface area contributed by atoms with Crippen LogP contribution in [0, 0.1) is 24.5 Å². The lowest BCUT2D eigenvalue weighted by atomic mass is 10.1. The molecule has 1 aliphatic rings. The molecule has 186 valence electrons. The van der Waals surface area contributed by atoms with Gasteiger partial charge in [-0.1, -0.05) is 36.4 Å². The lowest BCUT2D eigenvalue weighted by molar-refractivity contribution is 0.300. The Morgan fingerprint density at radius 1 is 0.919 bits per heavy atom. The fraction of sp³-hybridized carbons (Fsp3) is 0.200. The number of fused-ring (bicyclic) bond motifs is 1. The van der Waals surface area contributed by atoms with Gasteiger partial charge in [0.05, 0.1) is 30.1 Å². The van der Waals surface area contributed by atoms with Crippen LogP contribution in [0.25, 0.3) is 28.2 Å². The number of nitrogens with zero attached hydrogens (tertiary/aromatic N) is 3. The van der Waals surface area contributed by atoms with E-state index in [0.717, 1.165) is 17.9 Å². The number of halogens is 2. The molecule has 1 saturated carbocycles. The molecule has 2 aromatic heterocycles. The minimum atomic E-state index is -0.650. The topological polar surface area (TPSA) is 48.5 Å². The van der Waals surface area contributed by atoms with Crippen molar-refractivity contribution in [3.05, 3.63) is 112 Å². The molecule has 2 heterocycles. The van der Waals surface area contributed by atoms with Gasteiger partial charge >= 0.3 is 0 Å². The smallest absolute Gasteiger partial charge is 0.267 e. The summed E-state index contributed by atoms with van der Waals surface area (Å²) in [6.07, 6.45) is 4.07. The van der Waals surface area contributed by atoms with Gasteiger partial charge in [-0.2, -0.15) is 0 Å². The predicted molar refractivity (Wildman–Crippen MR) is 139 cm³/mol. The minimum Gasteiger partial charge on any atom is -0.493 e. The quantitative estimate of drug-likeness (QED) is 0.267. The first-order valence-corrected chi connectivity index (χ1v) is 12.3. The molecule has 0 radical (unpaired) electrons. The van der Waals surface area contributed by atoms with Crippen LogP contribution >= 0.6 is 0 Å². The largest absolute Gasteiger partial charge is 0.493 e. The number of hydrogen-bond acceptors (Lipinski definition) is 3. The van der Waals surface area contributed by atoms with E-state index in [4.69, 9.17) is 9.72 Å². The fourth-order valence-electron chi connectivity index (χ4n) is 4.58. The van der Waals surface area contributed by atoms with E-state index in [-0.39, 0.29) is 17.7 Å². The van der Waals surface area contributed by atoms with E-state index in [1.54, 1.807) is 10.8 Å². The highest BCUT2D eigenvalue weighted by Crippen LogP contribution is 2.31. The monoisotopic (exact) mass is 497 g/mol. The number of ether oxygens (including phenoxy) is 1. The molecule has 0 saturated heterocycles. The first kappa shape index (κ1) is 23.2. The molecule has 0 bridgehead atoms. The van der Waals surface area contributed by atoms with Gasteiger partial charge in [0.1, 0.15) is 17.4 Å². The second kappa shape index (κ2) is 9.32. The molecule has 5 nitrogen and oxygen atoms in total. The van der Waals surface area contributed by atoms with Crippen LogP contribution in [0.5, 0.6) is 5.75 Å². The molecule has 6 rings (SSSR count). The molecule has 0 spiro atoms. The highest BCUT2D eigenvalue weighted by atomic mass is 19.1. The summed E-state index contributed by atoms with van der Waals surface area (Å²) in [4.78, 5) is 18.5. The highest BCUT2D eigenvalue weighted by Gasteiger charge is 2.22. The molecular formula is C30H25F2N3O2. The number of imidazole rings is 1. The highest BCUT2D eigenvalue weighted by molar-refractivity contribution is 5.68. The van der Waals surface area contributed by atoms with E-state index in [1.165, 1.54) is 35.4 Å². The second-order valence-electron chi connectivity index (χ2n) is 9.50. The van der Waals surface area contributed by atoms with Crippen LogP contribution < -0.4 is 10.3 Å². The van der Waals surface area contributed by atoms with Crippen LogP contribution in [0.2, 0.25) is 0 Å². The van der Waals surface area contributed by atoms with Crippen molar-refractivity contribution in [1.82, 2.24) is 14.0 Å². The zero-order valence-corrected chi connectivity index (χ0v) is 20.3. The summed E-state index contributed by atoms with van der Waals surface area (Å²) in [5, 5.41) is 0. The zero-order valence-electron chi connectivity index (χ0n) is 20.3. The van der Waals surface area contributed by atoms with Gasteiger partial charge in [-0.25, -0.2) is 18.2 Å². The van der Waals surface area contributed by atoms with Crippen LogP contribution in [0.15, 0.2) is 83.8 Å². The van der Waals surface area contributed by atoms with Crippen molar-refractivity contribution in [3.63, 3.8) is 0 Å². The molecular weight excluding hydrogens is 472 g/mol. The van der Waals surface area contributed by atoms with Crippen LogP contribution in [-0.4, -0.2) is 20.6 Å². The minimum absolute atomic E-state index is 0.0913. The molecule has 1 aliphatic carbocycles. The van der Waals surface area contributed by atoms with Gasteiger partial charge in [-0.15, -0.1) is 0 Å². The molecule has 0 unspecified atom stereocenters. The molecule has 0 N–H and O–H groups in total. The van der Waals surface area contributed by atoms with E-state index in [0.29, 0.717) is 34.2 Å². The van der Waals surface area contributed by atoms with Gasteiger partial charge in [0, 0.05) is 17.3 Å². The van der Waals surface area contributed by atoms with Crippen LogP contribution in [0.3, 0.4) is 0 Å². The third-order valence-electron chi connectivity index (χ3n) is 6.85. The molecule has 0 atom stereocenters. The molecule has 1 fully saturated rings. The van der Waals surface area contributed by atoms with Crippen LogP contribution in [-0.2, 0) is 6.54 Å². The van der Waals surface area contributed by atoms with Gasteiger partial charge in [-0.05, 0) is 67.6 Å². The molecule has 5 aromatic rings. The SMILES string of the molecule is Cc1c(-c2ccc(OCC3CC3)cc2)nc2n(Cc3c(F)cccc3F)cc(-c3ccccc3)c(=O)n12. The van der Waals surface area contributed by atoms with E-state index in [1.807, 2.05) is 61.5 Å². The Morgan fingerprint density at radius 2 is 1.62 bits per heavy atom. The lowest BCUT2D eigenvalue weighted by Crippen LogP contribution is -2.21. The Kier molecular flexibility index (Phi) is 5.83. The maximum absolute atomic E-state index is 14.6. The van der Waals surface area contributed by atoms with Gasteiger partial charge < -0.3 is 9.30 Å². The average molecular weight is 498 g/mol. The summed E-state index contributed by atoms with van der Waals surface area (Å²) < 4.78 is 38.2. The van der Waals surface area contributed by atoms with E-state index in [9.17, 15) is 13.6 Å². The van der Waals surface area contributed by atoms with Gasteiger partial charge in [0.2, 0.25) is 5.78 Å². The second-order valence-corrected chi connectivity index (χ2v) is 9.50. The van der Waals surface area contributed by atoms with Gasteiger partial charge in [0.25, 0.3) is 5.56 Å². The van der Waals surface area contributed by atoms with E-state index >= 15 is 0 Å². The molecule has 0 aliphatic heterocycles. The van der Waals surface area contributed by atoms with Crippen molar-refractivity contribution >= 4 is 5.78 Å². The van der Waals surface area contributed by atoms with Crippen molar-refractivity contribution in [2.45, 2.75) is 26.3 Å². The number of hydrogen-bond donors (Lipinski definition) is 0. The third kappa shape index (κ3) is 4.42. The van der Waals surface area contributed by atoms with Crippen LogP contribution in [0.4, 0.5) is 8.78 Å². The normalized spacial score (nSPS) is 13.3. The van der Waals surface area contributed by atoms with E-state index in [2.05, 4.69) is 0 Å². The van der Waals surface area contributed by atoms with Crippen molar-refractivity contribution in [1.29, 1.82) is 0 Å². The Labute approximate surface area is 212 Å². The summed E-state index contributed by atoms with van der Waals surface area (Å²) in [5.74, 6) is 0.461. The molecule has 37 heavy (non-hydrogen) atoms. The van der Waals surface area contributed by atoms with E-state index < -0.39 is 11.6 Å². The first-order chi connectivity index (χ1) is 18.0. The van der Waals surface area contributed by atoms with Gasteiger partial charge in [0.15, 0.2) is 0 Å². The Hall–Kier alpha value is -4.26. The maximum Gasteiger partial charge on any atom is 0.267 e. The van der Waals surface area contributed by atoms with Gasteiger partial charge in [-0.3, -0.25) is 4.79 Å². The lowest BCUT2D eigenvalue weighted by Gasteiger charge is -2.13. The summed E-state index contributed by atoms with van der Waals surface area (Å²) in [6.45, 7) is 2.43. The Balaban J connectivity index is 1.50. The molecule has 3 aromatic carbocycles. The predicted octanol–water partition coefficient (Wildman–Crippen LogP) is 6.25. The summed E-state index contributed by atoms with van der Waals surface area (Å²) >= 11 is 0. The number of aryl methyl sites for hydroxylation is 1. The van der Waals surface area contributed by atoms with Crippen molar-refractivity contribution < 1.29 is 13.5 Å². The maximum atomic E-state index is 14.6. The number of benzene rings is 3. The van der Waals surface area contributed by atoms with Crippen molar-refractivity contribution in [2.75, 3.05) is 6.61 Å².